The summed E-state index contributed by atoms with van der Waals surface area (Å²) in [5.74, 6) is 0.545. The van der Waals surface area contributed by atoms with Crippen molar-refractivity contribution in [3.05, 3.63) is 75.0 Å². The van der Waals surface area contributed by atoms with E-state index in [1.54, 1.807) is 17.4 Å². The number of amides is 1. The molecule has 1 N–H and O–H groups in total. The maximum atomic E-state index is 12.3. The third kappa shape index (κ3) is 5.27. The van der Waals surface area contributed by atoms with E-state index < -0.39 is 0 Å². The van der Waals surface area contributed by atoms with E-state index in [4.69, 9.17) is 4.74 Å². The van der Waals surface area contributed by atoms with Crippen LogP contribution in [0.15, 0.2) is 41.8 Å². The van der Waals surface area contributed by atoms with Crippen LogP contribution in [0.25, 0.3) is 6.08 Å². The number of pyridine rings is 1. The van der Waals surface area contributed by atoms with Gasteiger partial charge in [0.2, 0.25) is 5.91 Å². The number of nitrogens with one attached hydrogen (secondary N) is 1. The maximum Gasteiger partial charge on any atom is 0.248 e. The molecule has 0 aliphatic rings. The van der Waals surface area contributed by atoms with E-state index in [2.05, 4.69) is 15.3 Å². The number of hydrogen-bond acceptors (Lipinski definition) is 5. The Morgan fingerprint density at radius 3 is 2.71 bits per heavy atom. The zero-order chi connectivity index (χ0) is 20.1. The summed E-state index contributed by atoms with van der Waals surface area (Å²) >= 11 is 1.61. The molecule has 0 unspecified atom stereocenters. The van der Waals surface area contributed by atoms with Crippen LogP contribution in [0.1, 0.15) is 33.2 Å². The van der Waals surface area contributed by atoms with Crippen molar-refractivity contribution in [2.75, 3.05) is 5.32 Å². The number of aryl methyl sites for hydroxylation is 4. The quantitative estimate of drug-likeness (QED) is 0.599. The van der Waals surface area contributed by atoms with Crippen molar-refractivity contribution < 1.29 is 9.53 Å². The molecular weight excluding hydrogens is 370 g/mol. The monoisotopic (exact) mass is 393 g/mol. The number of carbonyl (C=O) groups is 1. The van der Waals surface area contributed by atoms with Gasteiger partial charge in [0.1, 0.15) is 12.4 Å². The van der Waals surface area contributed by atoms with Gasteiger partial charge in [0.25, 0.3) is 0 Å². The molecule has 0 saturated carbocycles. The highest BCUT2D eigenvalue weighted by molar-refractivity contribution is 7.09. The summed E-state index contributed by atoms with van der Waals surface area (Å²) in [4.78, 5) is 21.1. The predicted molar refractivity (Wildman–Crippen MR) is 114 cm³/mol. The van der Waals surface area contributed by atoms with Crippen molar-refractivity contribution in [1.29, 1.82) is 0 Å². The highest BCUT2D eigenvalue weighted by Gasteiger charge is 2.07. The van der Waals surface area contributed by atoms with Crippen molar-refractivity contribution in [2.45, 2.75) is 34.3 Å². The van der Waals surface area contributed by atoms with E-state index in [9.17, 15) is 4.79 Å². The number of carbonyl (C=O) groups excluding carboxylic acids is 1. The van der Waals surface area contributed by atoms with E-state index >= 15 is 0 Å². The second-order valence-corrected chi connectivity index (χ2v) is 7.64. The van der Waals surface area contributed by atoms with Gasteiger partial charge in [-0.05, 0) is 63.1 Å². The molecular formula is C22H23N3O2S. The first-order valence-corrected chi connectivity index (χ1v) is 9.86. The van der Waals surface area contributed by atoms with Crippen LogP contribution in [0, 0.1) is 27.7 Å². The first-order valence-electron chi connectivity index (χ1n) is 8.98. The smallest absolute Gasteiger partial charge is 0.248 e. The minimum atomic E-state index is -0.193. The molecule has 3 rings (SSSR count). The summed E-state index contributed by atoms with van der Waals surface area (Å²) in [6.45, 7) is 8.20. The predicted octanol–water partition coefficient (Wildman–Crippen LogP) is 5.00. The summed E-state index contributed by atoms with van der Waals surface area (Å²) in [6.07, 6.45) is 3.28. The summed E-state index contributed by atoms with van der Waals surface area (Å²) in [5.41, 5.74) is 5.31. The van der Waals surface area contributed by atoms with Gasteiger partial charge in [-0.25, -0.2) is 4.98 Å². The van der Waals surface area contributed by atoms with Crippen LogP contribution in [0.4, 0.5) is 5.69 Å². The number of hydrogen-bond donors (Lipinski definition) is 1. The Morgan fingerprint density at radius 2 is 2.00 bits per heavy atom. The topological polar surface area (TPSA) is 64.1 Å². The Labute approximate surface area is 169 Å². The molecule has 0 aliphatic heterocycles. The lowest BCUT2D eigenvalue weighted by atomic mass is 10.1. The van der Waals surface area contributed by atoms with Gasteiger partial charge in [0.05, 0.1) is 22.1 Å². The zero-order valence-corrected chi connectivity index (χ0v) is 17.3. The summed E-state index contributed by atoms with van der Waals surface area (Å²) < 4.78 is 5.79. The van der Waals surface area contributed by atoms with Gasteiger partial charge in [0, 0.05) is 17.2 Å². The molecule has 1 amide bonds. The Bertz CT molecular complexity index is 1000. The normalized spacial score (nSPS) is 11.0. The molecule has 0 radical (unpaired) electrons. The average Bonchev–Trinajstić information content (AvgIpc) is 3.07. The molecule has 0 saturated heterocycles. The van der Waals surface area contributed by atoms with Gasteiger partial charge >= 0.3 is 0 Å². The second-order valence-electron chi connectivity index (χ2n) is 6.58. The molecule has 0 fully saturated rings. The second kappa shape index (κ2) is 8.80. The number of aromatic nitrogens is 2. The Hall–Kier alpha value is -2.99. The third-order valence-corrected chi connectivity index (χ3v) is 4.93. The highest BCUT2D eigenvalue weighted by Crippen LogP contribution is 2.20. The first-order chi connectivity index (χ1) is 13.4. The Balaban J connectivity index is 1.63. The van der Waals surface area contributed by atoms with E-state index in [1.807, 2.05) is 63.4 Å². The van der Waals surface area contributed by atoms with Crippen molar-refractivity contribution in [2.24, 2.45) is 0 Å². The molecule has 1 aromatic carbocycles. The fourth-order valence-electron chi connectivity index (χ4n) is 2.89. The maximum absolute atomic E-state index is 12.3. The minimum Gasteiger partial charge on any atom is -0.487 e. The van der Waals surface area contributed by atoms with Crippen LogP contribution in [0.3, 0.4) is 0 Å². The first kappa shape index (κ1) is 19.8. The molecule has 5 nitrogen and oxygen atoms in total. The van der Waals surface area contributed by atoms with Crippen molar-refractivity contribution in [3.8, 4) is 5.75 Å². The zero-order valence-electron chi connectivity index (χ0n) is 16.4. The molecule has 0 spiro atoms. The van der Waals surface area contributed by atoms with Crippen LogP contribution < -0.4 is 10.1 Å². The van der Waals surface area contributed by atoms with Crippen molar-refractivity contribution in [3.63, 3.8) is 0 Å². The van der Waals surface area contributed by atoms with Gasteiger partial charge in [-0.2, -0.15) is 0 Å². The van der Waals surface area contributed by atoms with Gasteiger partial charge in [-0.3, -0.25) is 9.78 Å². The minimum absolute atomic E-state index is 0.193. The molecule has 2 aromatic heterocycles. The van der Waals surface area contributed by atoms with Crippen molar-refractivity contribution in [1.82, 2.24) is 9.97 Å². The van der Waals surface area contributed by atoms with E-state index in [1.165, 1.54) is 6.08 Å². The molecule has 3 aromatic rings. The fraction of sp³-hybridized carbons (Fsp3) is 0.227. The fourth-order valence-corrected chi connectivity index (χ4v) is 3.49. The number of thiazole rings is 1. The molecule has 0 aliphatic carbocycles. The molecule has 28 heavy (non-hydrogen) atoms. The molecule has 144 valence electrons. The van der Waals surface area contributed by atoms with Gasteiger partial charge in [-0.1, -0.05) is 12.1 Å². The van der Waals surface area contributed by atoms with Crippen LogP contribution in [-0.2, 0) is 11.4 Å². The summed E-state index contributed by atoms with van der Waals surface area (Å²) in [6, 6.07) is 9.57. The molecule has 0 bridgehead atoms. The summed E-state index contributed by atoms with van der Waals surface area (Å²) in [7, 11) is 0. The van der Waals surface area contributed by atoms with Crippen molar-refractivity contribution >= 4 is 29.0 Å². The lowest BCUT2D eigenvalue weighted by Crippen LogP contribution is -2.11. The van der Waals surface area contributed by atoms with Gasteiger partial charge < -0.3 is 10.1 Å². The third-order valence-electron chi connectivity index (χ3n) is 4.11. The highest BCUT2D eigenvalue weighted by atomic mass is 32.1. The molecule has 6 heteroatoms. The van der Waals surface area contributed by atoms with Crippen LogP contribution in [-0.4, -0.2) is 15.9 Å². The lowest BCUT2D eigenvalue weighted by molar-refractivity contribution is -0.111. The number of benzene rings is 1. The number of anilines is 1. The molecule has 0 atom stereocenters. The van der Waals surface area contributed by atoms with E-state index in [0.717, 1.165) is 44.7 Å². The number of ether oxygens (including phenoxy) is 1. The molecule has 2 heterocycles. The standard InChI is InChI=1S/C22H23N3O2S/c1-14-10-15(2)23-16(3)22(14)25-21(26)9-8-18-6-5-7-20(11-18)27-12-19-13-28-17(4)24-19/h5-11,13H,12H2,1-4H3,(H,25,26)/b9-8+. The van der Waals surface area contributed by atoms with E-state index in [-0.39, 0.29) is 5.91 Å². The van der Waals surface area contributed by atoms with Gasteiger partial charge in [-0.15, -0.1) is 11.3 Å². The largest absolute Gasteiger partial charge is 0.487 e. The van der Waals surface area contributed by atoms with E-state index in [0.29, 0.717) is 6.61 Å². The number of nitrogens with zero attached hydrogens (tertiary/aromatic N) is 2. The average molecular weight is 394 g/mol. The van der Waals surface area contributed by atoms with Crippen LogP contribution >= 0.6 is 11.3 Å². The lowest BCUT2D eigenvalue weighted by Gasteiger charge is -2.10. The summed E-state index contributed by atoms with van der Waals surface area (Å²) in [5, 5.41) is 5.93. The van der Waals surface area contributed by atoms with Crippen LogP contribution in [0.5, 0.6) is 5.75 Å². The van der Waals surface area contributed by atoms with Crippen LogP contribution in [0.2, 0.25) is 0 Å². The van der Waals surface area contributed by atoms with Gasteiger partial charge in [0.15, 0.2) is 0 Å². The SMILES string of the molecule is Cc1cc(C)c(NC(=O)/C=C/c2cccc(OCc3csc(C)n3)c2)c(C)n1. The Morgan fingerprint density at radius 1 is 1.18 bits per heavy atom. The Kier molecular flexibility index (Phi) is 6.21. The number of rotatable bonds is 6.